The number of unbranched alkanes of at least 4 members (excludes halogenated alkanes) is 2. The maximum Gasteiger partial charge on any atom is 0.181 e. The van der Waals surface area contributed by atoms with Crippen LogP contribution < -0.4 is 0 Å². The fourth-order valence-electron chi connectivity index (χ4n) is 3.38. The fourth-order valence-corrected chi connectivity index (χ4v) is 3.38. The van der Waals surface area contributed by atoms with E-state index in [0.717, 1.165) is 41.3 Å². The molecule has 3 aromatic heterocycles. The highest BCUT2D eigenvalue weighted by Crippen LogP contribution is 2.27. The fraction of sp³-hybridized carbons (Fsp3) is 0.333. The predicted octanol–water partition coefficient (Wildman–Crippen LogP) is 3.61. The molecule has 8 heteroatoms. The third-order valence-corrected chi connectivity index (χ3v) is 4.83. The van der Waals surface area contributed by atoms with E-state index >= 15 is 0 Å². The van der Waals surface area contributed by atoms with E-state index < -0.39 is 0 Å². The van der Waals surface area contributed by atoms with Crippen molar-refractivity contribution < 1.29 is 0 Å². The van der Waals surface area contributed by atoms with Gasteiger partial charge < -0.3 is 0 Å². The Kier molecular flexibility index (Phi) is 5.69. The molecule has 1 aromatic carbocycles. The number of nitrogens with zero attached hydrogens (tertiary/aromatic N) is 7. The maximum absolute atomic E-state index is 4.60. The third-order valence-electron chi connectivity index (χ3n) is 4.83. The lowest BCUT2D eigenvalue weighted by molar-refractivity contribution is 0.605. The van der Waals surface area contributed by atoms with Crippen LogP contribution in [-0.2, 0) is 13.0 Å². The number of aromatic nitrogens is 8. The number of hydrogen-bond donors (Lipinski definition) is 1. The number of aromatic amines is 1. The molecule has 29 heavy (non-hydrogen) atoms. The molecule has 0 spiro atoms. The molecule has 0 aliphatic heterocycles. The van der Waals surface area contributed by atoms with E-state index in [1.54, 1.807) is 6.20 Å². The van der Waals surface area contributed by atoms with Crippen molar-refractivity contribution in [3.05, 3.63) is 59.8 Å². The number of tetrazole rings is 1. The second-order valence-corrected chi connectivity index (χ2v) is 7.04. The number of benzene rings is 1. The van der Waals surface area contributed by atoms with Crippen molar-refractivity contribution in [1.29, 1.82) is 0 Å². The van der Waals surface area contributed by atoms with Crippen molar-refractivity contribution in [2.24, 2.45) is 0 Å². The van der Waals surface area contributed by atoms with Gasteiger partial charge in [0.15, 0.2) is 5.82 Å². The maximum atomic E-state index is 4.60. The van der Waals surface area contributed by atoms with Gasteiger partial charge in [0.2, 0.25) is 0 Å². The van der Waals surface area contributed by atoms with Crippen LogP contribution in [0.2, 0.25) is 0 Å². The molecule has 0 aliphatic carbocycles. The Morgan fingerprint density at radius 2 is 1.93 bits per heavy atom. The monoisotopic (exact) mass is 388 g/mol. The summed E-state index contributed by atoms with van der Waals surface area (Å²) in [5.41, 5.74) is 3.90. The smallest absolute Gasteiger partial charge is 0.181 e. The molecule has 0 amide bonds. The topological polar surface area (TPSA) is 98.1 Å². The predicted molar refractivity (Wildman–Crippen MR) is 110 cm³/mol. The van der Waals surface area contributed by atoms with Crippen LogP contribution in [0.1, 0.15) is 43.4 Å². The first-order valence-electron chi connectivity index (χ1n) is 9.93. The second-order valence-electron chi connectivity index (χ2n) is 7.04. The first-order chi connectivity index (χ1) is 14.2. The Morgan fingerprint density at radius 3 is 2.69 bits per heavy atom. The Hall–Kier alpha value is -3.42. The molecule has 0 unspecified atom stereocenters. The van der Waals surface area contributed by atoms with Crippen LogP contribution in [-0.4, -0.2) is 40.4 Å². The summed E-state index contributed by atoms with van der Waals surface area (Å²) in [4.78, 5) is 9.14. The van der Waals surface area contributed by atoms with Crippen molar-refractivity contribution in [3.63, 3.8) is 0 Å². The average Bonchev–Trinajstić information content (AvgIpc) is 3.39. The zero-order valence-electron chi connectivity index (χ0n) is 16.7. The molecule has 4 rings (SSSR count). The molecule has 0 saturated heterocycles. The molecule has 0 radical (unpaired) electrons. The largest absolute Gasteiger partial charge is 0.255 e. The normalized spacial score (nSPS) is 11.1. The van der Waals surface area contributed by atoms with Crippen molar-refractivity contribution >= 4 is 0 Å². The van der Waals surface area contributed by atoms with E-state index in [4.69, 9.17) is 0 Å². The number of pyridine rings is 1. The molecular weight excluding hydrogens is 364 g/mol. The Morgan fingerprint density at radius 1 is 1.07 bits per heavy atom. The highest BCUT2D eigenvalue weighted by Gasteiger charge is 2.12. The molecule has 3 heterocycles. The Bertz CT molecular complexity index is 1050. The molecule has 0 aliphatic rings. The standard InChI is InChI=1S/C21H24N8/c1-3-4-5-8-19-23-15(2)26-29(19)14-16-9-11-17(12-10-16)20-18(7-6-13-22-20)21-24-27-28-25-21/h6-7,9-13H,3-5,8,14H2,1-2H3,(H,24,25,27,28). The third kappa shape index (κ3) is 4.37. The minimum Gasteiger partial charge on any atom is -0.255 e. The van der Waals surface area contributed by atoms with Crippen molar-refractivity contribution in [3.8, 4) is 22.6 Å². The quantitative estimate of drug-likeness (QED) is 0.463. The van der Waals surface area contributed by atoms with Gasteiger partial charge in [0.1, 0.15) is 11.6 Å². The van der Waals surface area contributed by atoms with E-state index in [0.29, 0.717) is 12.4 Å². The van der Waals surface area contributed by atoms with Crippen LogP contribution in [0.5, 0.6) is 0 Å². The molecule has 0 atom stereocenters. The lowest BCUT2D eigenvalue weighted by Gasteiger charge is -2.09. The number of hydrogen-bond acceptors (Lipinski definition) is 6. The lowest BCUT2D eigenvalue weighted by Crippen LogP contribution is -2.07. The summed E-state index contributed by atoms with van der Waals surface area (Å²) in [7, 11) is 0. The van der Waals surface area contributed by atoms with Crippen LogP contribution in [0.25, 0.3) is 22.6 Å². The molecule has 0 saturated carbocycles. The highest BCUT2D eigenvalue weighted by atomic mass is 15.5. The van der Waals surface area contributed by atoms with E-state index in [1.165, 1.54) is 18.4 Å². The van der Waals surface area contributed by atoms with Gasteiger partial charge in [-0.1, -0.05) is 44.0 Å². The second kappa shape index (κ2) is 8.72. The van der Waals surface area contributed by atoms with Crippen LogP contribution in [0.15, 0.2) is 42.6 Å². The van der Waals surface area contributed by atoms with Gasteiger partial charge in [-0.25, -0.2) is 14.8 Å². The zero-order valence-corrected chi connectivity index (χ0v) is 16.7. The van der Waals surface area contributed by atoms with Crippen LogP contribution in [0.3, 0.4) is 0 Å². The van der Waals surface area contributed by atoms with Crippen molar-refractivity contribution in [2.75, 3.05) is 0 Å². The molecule has 1 N–H and O–H groups in total. The van der Waals surface area contributed by atoms with Crippen molar-refractivity contribution in [1.82, 2.24) is 40.4 Å². The SMILES string of the molecule is CCCCCc1nc(C)nn1Cc1ccc(-c2ncccc2-c2nnn[nH]2)cc1. The minimum atomic E-state index is 0.604. The molecule has 8 nitrogen and oxygen atoms in total. The summed E-state index contributed by atoms with van der Waals surface area (Å²) in [5.74, 6) is 2.49. The van der Waals surface area contributed by atoms with E-state index in [2.05, 4.69) is 66.9 Å². The molecule has 0 fully saturated rings. The van der Waals surface area contributed by atoms with Gasteiger partial charge >= 0.3 is 0 Å². The molecule has 0 bridgehead atoms. The first kappa shape index (κ1) is 18.9. The minimum absolute atomic E-state index is 0.604. The number of nitrogens with one attached hydrogen (secondary N) is 1. The van der Waals surface area contributed by atoms with Gasteiger partial charge in [-0.3, -0.25) is 4.98 Å². The molecule has 148 valence electrons. The Labute approximate surface area is 169 Å². The van der Waals surface area contributed by atoms with Crippen LogP contribution >= 0.6 is 0 Å². The summed E-state index contributed by atoms with van der Waals surface area (Å²) in [6.45, 7) is 4.87. The number of aryl methyl sites for hydroxylation is 2. The van der Waals surface area contributed by atoms with Gasteiger partial charge in [-0.15, -0.1) is 5.10 Å². The van der Waals surface area contributed by atoms with E-state index in [-0.39, 0.29) is 0 Å². The lowest BCUT2D eigenvalue weighted by atomic mass is 10.0. The van der Waals surface area contributed by atoms with Gasteiger partial charge in [-0.2, -0.15) is 5.10 Å². The number of rotatable bonds is 8. The highest BCUT2D eigenvalue weighted by molar-refractivity contribution is 5.76. The average molecular weight is 388 g/mol. The van der Waals surface area contributed by atoms with Gasteiger partial charge in [-0.05, 0) is 41.5 Å². The van der Waals surface area contributed by atoms with Crippen LogP contribution in [0.4, 0.5) is 0 Å². The summed E-state index contributed by atoms with van der Waals surface area (Å²) < 4.78 is 2.02. The summed E-state index contributed by atoms with van der Waals surface area (Å²) in [6, 6.07) is 12.2. The number of H-pyrrole nitrogens is 1. The Balaban J connectivity index is 1.54. The zero-order chi connectivity index (χ0) is 20.1. The summed E-state index contributed by atoms with van der Waals surface area (Å²) in [6.07, 6.45) is 6.31. The van der Waals surface area contributed by atoms with Crippen LogP contribution in [0, 0.1) is 6.92 Å². The molecular formula is C21H24N8. The van der Waals surface area contributed by atoms with Gasteiger partial charge in [0.25, 0.3) is 0 Å². The first-order valence-corrected chi connectivity index (χ1v) is 9.93. The van der Waals surface area contributed by atoms with Gasteiger partial charge in [0, 0.05) is 23.7 Å². The summed E-state index contributed by atoms with van der Waals surface area (Å²) in [5, 5.41) is 18.7. The summed E-state index contributed by atoms with van der Waals surface area (Å²) >= 11 is 0. The van der Waals surface area contributed by atoms with E-state index in [1.807, 2.05) is 23.7 Å². The van der Waals surface area contributed by atoms with Gasteiger partial charge in [0.05, 0.1) is 12.2 Å². The van der Waals surface area contributed by atoms with Crippen molar-refractivity contribution in [2.45, 2.75) is 46.1 Å². The van der Waals surface area contributed by atoms with E-state index in [9.17, 15) is 0 Å². The molecule has 4 aromatic rings.